The summed E-state index contributed by atoms with van der Waals surface area (Å²) < 4.78 is 5.63. The molecule has 1 heterocycles. The molecule has 1 saturated heterocycles. The van der Waals surface area contributed by atoms with Gasteiger partial charge in [0.05, 0.1) is 11.6 Å². The summed E-state index contributed by atoms with van der Waals surface area (Å²) in [5.41, 5.74) is 3.36. The highest BCUT2D eigenvalue weighted by Crippen LogP contribution is 2.40. The van der Waals surface area contributed by atoms with Crippen LogP contribution in [-0.2, 0) is 9.59 Å². The fourth-order valence-electron chi connectivity index (χ4n) is 4.09. The zero-order valence-corrected chi connectivity index (χ0v) is 20.7. The van der Waals surface area contributed by atoms with Crippen molar-refractivity contribution >= 4 is 17.4 Å². The van der Waals surface area contributed by atoms with Gasteiger partial charge in [0.2, 0.25) is 0 Å². The van der Waals surface area contributed by atoms with Gasteiger partial charge in [0, 0.05) is 18.7 Å². The maximum atomic E-state index is 13.2. The van der Waals surface area contributed by atoms with Gasteiger partial charge in [0.15, 0.2) is 0 Å². The lowest BCUT2D eigenvalue weighted by atomic mass is 9.93. The van der Waals surface area contributed by atoms with E-state index < -0.39 is 17.7 Å². The minimum atomic E-state index is -0.668. The van der Waals surface area contributed by atoms with Crippen molar-refractivity contribution in [3.8, 4) is 5.75 Å². The Morgan fingerprint density at radius 3 is 2.41 bits per heavy atom. The van der Waals surface area contributed by atoms with E-state index in [9.17, 15) is 14.7 Å². The van der Waals surface area contributed by atoms with Crippen molar-refractivity contribution in [3.05, 3.63) is 82.9 Å². The van der Waals surface area contributed by atoms with Gasteiger partial charge in [0.25, 0.3) is 11.7 Å². The number of nitrogens with zero attached hydrogens (tertiary/aromatic N) is 2. The van der Waals surface area contributed by atoms with Crippen molar-refractivity contribution in [2.75, 3.05) is 33.8 Å². The summed E-state index contributed by atoms with van der Waals surface area (Å²) in [6.45, 7) is 11.1. The number of ketones is 1. The zero-order chi connectivity index (χ0) is 25.0. The molecule has 3 rings (SSSR count). The Hall–Kier alpha value is -3.38. The Morgan fingerprint density at radius 1 is 1.18 bits per heavy atom. The fourth-order valence-corrected chi connectivity index (χ4v) is 4.09. The molecule has 1 amide bonds. The average molecular weight is 463 g/mol. The van der Waals surface area contributed by atoms with Crippen LogP contribution < -0.4 is 4.74 Å². The number of carbonyl (C=O) groups excluding carboxylic acids is 2. The Labute approximate surface area is 202 Å². The predicted octanol–water partition coefficient (Wildman–Crippen LogP) is 4.67. The molecule has 0 spiro atoms. The molecule has 1 aliphatic heterocycles. The summed E-state index contributed by atoms with van der Waals surface area (Å²) in [5, 5.41) is 11.3. The van der Waals surface area contributed by atoms with E-state index >= 15 is 0 Å². The molecule has 0 unspecified atom stereocenters. The molecule has 1 fully saturated rings. The first kappa shape index (κ1) is 25.2. The predicted molar refractivity (Wildman–Crippen MR) is 135 cm³/mol. The van der Waals surface area contributed by atoms with Crippen LogP contribution in [0.3, 0.4) is 0 Å². The SMILES string of the molecule is C=CCOc1ccc(C(O)=C2C(=O)C(=O)N(CCN(C)C)[C@H]2c2ccc(C(C)C)cc2)cc1C. The van der Waals surface area contributed by atoms with Gasteiger partial charge in [-0.25, -0.2) is 0 Å². The van der Waals surface area contributed by atoms with Crippen LogP contribution in [0, 0.1) is 6.92 Å². The number of amides is 1. The van der Waals surface area contributed by atoms with E-state index in [2.05, 4.69) is 20.4 Å². The first-order valence-electron chi connectivity index (χ1n) is 11.5. The van der Waals surface area contributed by atoms with Gasteiger partial charge < -0.3 is 19.6 Å². The van der Waals surface area contributed by atoms with E-state index in [1.54, 1.807) is 29.2 Å². The molecule has 180 valence electrons. The van der Waals surface area contributed by atoms with Gasteiger partial charge in [-0.05, 0) is 61.8 Å². The third kappa shape index (κ3) is 5.23. The van der Waals surface area contributed by atoms with Crippen LogP contribution in [0.15, 0.2) is 60.7 Å². The van der Waals surface area contributed by atoms with E-state index in [-0.39, 0.29) is 11.3 Å². The molecule has 0 aliphatic carbocycles. The summed E-state index contributed by atoms with van der Waals surface area (Å²) in [5.74, 6) is -0.410. The third-order valence-electron chi connectivity index (χ3n) is 6.05. The van der Waals surface area contributed by atoms with E-state index in [1.807, 2.05) is 50.2 Å². The van der Waals surface area contributed by atoms with Crippen LogP contribution in [0.2, 0.25) is 0 Å². The van der Waals surface area contributed by atoms with Crippen LogP contribution in [0.1, 0.15) is 48.1 Å². The largest absolute Gasteiger partial charge is 0.507 e. The highest BCUT2D eigenvalue weighted by atomic mass is 16.5. The molecule has 34 heavy (non-hydrogen) atoms. The molecule has 0 saturated carbocycles. The summed E-state index contributed by atoms with van der Waals surface area (Å²) in [7, 11) is 3.84. The van der Waals surface area contributed by atoms with Crippen molar-refractivity contribution in [1.29, 1.82) is 0 Å². The highest BCUT2D eigenvalue weighted by Gasteiger charge is 2.45. The fraction of sp³-hybridized carbons (Fsp3) is 0.357. The van der Waals surface area contributed by atoms with E-state index in [0.717, 1.165) is 11.1 Å². The van der Waals surface area contributed by atoms with E-state index in [0.29, 0.717) is 36.9 Å². The summed E-state index contributed by atoms with van der Waals surface area (Å²) in [4.78, 5) is 29.7. The highest BCUT2D eigenvalue weighted by molar-refractivity contribution is 6.46. The second-order valence-corrected chi connectivity index (χ2v) is 9.20. The number of hydrogen-bond acceptors (Lipinski definition) is 5. The van der Waals surface area contributed by atoms with Crippen molar-refractivity contribution in [2.24, 2.45) is 0 Å². The Bertz CT molecular complexity index is 1100. The average Bonchev–Trinajstić information content (AvgIpc) is 3.06. The molecule has 0 radical (unpaired) electrons. The second-order valence-electron chi connectivity index (χ2n) is 9.20. The number of Topliss-reactive ketones (excluding diaryl/α,β-unsaturated/α-hetero) is 1. The first-order chi connectivity index (χ1) is 16.1. The molecular weight excluding hydrogens is 428 g/mol. The van der Waals surface area contributed by atoms with Crippen LogP contribution >= 0.6 is 0 Å². The summed E-state index contributed by atoms with van der Waals surface area (Å²) >= 11 is 0. The topological polar surface area (TPSA) is 70.1 Å². The standard InChI is InChI=1S/C28H34N2O4/c1-7-16-34-23-13-12-22(17-19(23)4)26(31)24-25(21-10-8-20(9-11-21)18(2)3)30(15-14-29(5)6)28(33)27(24)32/h7-13,17-18,25,31H,1,14-16H2,2-6H3/t25-/m0/s1. The lowest BCUT2D eigenvalue weighted by molar-refractivity contribution is -0.140. The molecule has 6 nitrogen and oxygen atoms in total. The normalized spacial score (nSPS) is 17.6. The smallest absolute Gasteiger partial charge is 0.295 e. The molecule has 0 aromatic heterocycles. The lowest BCUT2D eigenvalue weighted by Crippen LogP contribution is -2.35. The Balaban J connectivity index is 2.10. The molecule has 1 atom stereocenters. The quantitative estimate of drug-likeness (QED) is 0.254. The third-order valence-corrected chi connectivity index (χ3v) is 6.05. The minimum Gasteiger partial charge on any atom is -0.507 e. The number of rotatable bonds is 9. The Morgan fingerprint density at radius 2 is 1.85 bits per heavy atom. The van der Waals surface area contributed by atoms with Crippen molar-refractivity contribution < 1.29 is 19.4 Å². The maximum absolute atomic E-state index is 13.2. The van der Waals surface area contributed by atoms with Crippen LogP contribution in [0.5, 0.6) is 5.75 Å². The number of aryl methyl sites for hydroxylation is 1. The number of hydrogen-bond donors (Lipinski definition) is 1. The number of aliphatic hydroxyl groups is 1. The van der Waals surface area contributed by atoms with Crippen LogP contribution in [-0.4, -0.2) is 60.4 Å². The lowest BCUT2D eigenvalue weighted by Gasteiger charge is -2.27. The van der Waals surface area contributed by atoms with Gasteiger partial charge in [-0.15, -0.1) is 0 Å². The number of likely N-dealkylation sites (N-methyl/N-ethyl adjacent to an activating group) is 1. The molecule has 2 aromatic rings. The van der Waals surface area contributed by atoms with Gasteiger partial charge in [-0.3, -0.25) is 9.59 Å². The summed E-state index contributed by atoms with van der Waals surface area (Å²) in [6.07, 6.45) is 1.66. The molecular formula is C28H34N2O4. The number of aliphatic hydroxyl groups excluding tert-OH is 1. The number of carbonyl (C=O) groups is 2. The summed E-state index contributed by atoms with van der Waals surface area (Å²) in [6, 6.07) is 12.5. The van der Waals surface area contributed by atoms with Crippen molar-refractivity contribution in [2.45, 2.75) is 32.7 Å². The molecule has 2 aromatic carbocycles. The van der Waals surface area contributed by atoms with Crippen LogP contribution in [0.4, 0.5) is 0 Å². The minimum absolute atomic E-state index is 0.111. The van der Waals surface area contributed by atoms with Crippen LogP contribution in [0.25, 0.3) is 5.76 Å². The maximum Gasteiger partial charge on any atom is 0.295 e. The van der Waals surface area contributed by atoms with Gasteiger partial charge >= 0.3 is 0 Å². The first-order valence-corrected chi connectivity index (χ1v) is 11.5. The second kappa shape index (κ2) is 10.7. The van der Waals surface area contributed by atoms with E-state index in [4.69, 9.17) is 4.74 Å². The Kier molecular flexibility index (Phi) is 7.94. The van der Waals surface area contributed by atoms with Gasteiger partial charge in [-0.1, -0.05) is 50.8 Å². The molecule has 1 N–H and O–H groups in total. The van der Waals surface area contributed by atoms with E-state index in [1.165, 1.54) is 5.56 Å². The number of ether oxygens (including phenoxy) is 1. The number of benzene rings is 2. The molecule has 6 heteroatoms. The monoisotopic (exact) mass is 462 g/mol. The molecule has 0 bridgehead atoms. The van der Waals surface area contributed by atoms with Crippen molar-refractivity contribution in [1.82, 2.24) is 9.80 Å². The van der Waals surface area contributed by atoms with Gasteiger partial charge in [-0.2, -0.15) is 0 Å². The number of likely N-dealkylation sites (tertiary alicyclic amines) is 1. The van der Waals surface area contributed by atoms with Crippen molar-refractivity contribution in [3.63, 3.8) is 0 Å². The zero-order valence-electron chi connectivity index (χ0n) is 20.7. The molecule has 1 aliphatic rings. The van der Waals surface area contributed by atoms with Gasteiger partial charge in [0.1, 0.15) is 18.1 Å².